The van der Waals surface area contributed by atoms with E-state index in [1.165, 1.54) is 12.1 Å². The zero-order valence-electron chi connectivity index (χ0n) is 12.5. The van der Waals surface area contributed by atoms with Gasteiger partial charge in [0.05, 0.1) is 5.69 Å². The minimum atomic E-state index is -0.285. The first-order valence-electron chi connectivity index (χ1n) is 7.18. The molecule has 0 aliphatic carbocycles. The van der Waals surface area contributed by atoms with Gasteiger partial charge in [-0.05, 0) is 45.0 Å². The Kier molecular flexibility index (Phi) is 7.06. The number of aromatic nitrogens is 1. The van der Waals surface area contributed by atoms with Crippen molar-refractivity contribution in [3.8, 4) is 0 Å². The van der Waals surface area contributed by atoms with Crippen LogP contribution in [-0.2, 0) is 0 Å². The third kappa shape index (κ3) is 3.71. The molecule has 1 atom stereocenters. The molecule has 0 spiro atoms. The number of piperidine rings is 1. The Morgan fingerprint density at radius 1 is 1.36 bits per heavy atom. The number of halogens is 3. The standard InChI is InChI=1S/C15H20FN3O.2ClH/c1-10(9-17)19-6-4-11(5-7-19)15-13-3-2-12(16)8-14(13)20-18-15;;/h2-3,8,10-11H,4-7,9,17H2,1H3;2*1H. The summed E-state index contributed by atoms with van der Waals surface area (Å²) >= 11 is 0. The topological polar surface area (TPSA) is 55.3 Å². The maximum absolute atomic E-state index is 13.2. The lowest BCUT2D eigenvalue weighted by Gasteiger charge is -2.34. The summed E-state index contributed by atoms with van der Waals surface area (Å²) in [5.41, 5.74) is 7.23. The first-order chi connectivity index (χ1) is 9.69. The summed E-state index contributed by atoms with van der Waals surface area (Å²) in [5, 5.41) is 5.11. The monoisotopic (exact) mass is 349 g/mol. The number of fused-ring (bicyclic) bond motifs is 1. The number of benzene rings is 1. The summed E-state index contributed by atoms with van der Waals surface area (Å²) in [6, 6.07) is 5.07. The minimum absolute atomic E-state index is 0. The number of hydrogen-bond acceptors (Lipinski definition) is 4. The van der Waals surface area contributed by atoms with Gasteiger partial charge in [0.2, 0.25) is 0 Å². The molecule has 1 aliphatic heterocycles. The highest BCUT2D eigenvalue weighted by Crippen LogP contribution is 2.33. The quantitative estimate of drug-likeness (QED) is 0.923. The van der Waals surface area contributed by atoms with E-state index in [0.717, 1.165) is 37.0 Å². The van der Waals surface area contributed by atoms with Gasteiger partial charge in [-0.3, -0.25) is 4.90 Å². The molecular weight excluding hydrogens is 328 g/mol. The largest absolute Gasteiger partial charge is 0.356 e. The van der Waals surface area contributed by atoms with Gasteiger partial charge < -0.3 is 10.3 Å². The molecule has 124 valence electrons. The van der Waals surface area contributed by atoms with Gasteiger partial charge in [0, 0.05) is 30.0 Å². The van der Waals surface area contributed by atoms with Crippen LogP contribution < -0.4 is 5.73 Å². The van der Waals surface area contributed by atoms with Gasteiger partial charge in [-0.2, -0.15) is 0 Å². The van der Waals surface area contributed by atoms with Crippen LogP contribution in [0.4, 0.5) is 4.39 Å². The Hall–Kier alpha value is -0.880. The zero-order chi connectivity index (χ0) is 14.1. The number of nitrogens with zero attached hydrogens (tertiary/aromatic N) is 2. The van der Waals surface area contributed by atoms with E-state index < -0.39 is 0 Å². The zero-order valence-corrected chi connectivity index (χ0v) is 14.1. The minimum Gasteiger partial charge on any atom is -0.356 e. The van der Waals surface area contributed by atoms with E-state index in [9.17, 15) is 4.39 Å². The highest BCUT2D eigenvalue weighted by Gasteiger charge is 2.26. The lowest BCUT2D eigenvalue weighted by molar-refractivity contribution is 0.163. The van der Waals surface area contributed by atoms with E-state index >= 15 is 0 Å². The van der Waals surface area contributed by atoms with Crippen molar-refractivity contribution < 1.29 is 8.91 Å². The number of hydrogen-bond donors (Lipinski definition) is 1. The third-order valence-corrected chi connectivity index (χ3v) is 4.34. The summed E-state index contributed by atoms with van der Waals surface area (Å²) in [6.45, 7) is 4.91. The second kappa shape index (κ2) is 8.11. The van der Waals surface area contributed by atoms with Crippen LogP contribution in [0.1, 0.15) is 31.4 Å². The van der Waals surface area contributed by atoms with Gasteiger partial charge in [-0.15, -0.1) is 24.8 Å². The van der Waals surface area contributed by atoms with Gasteiger partial charge in [0.15, 0.2) is 5.58 Å². The van der Waals surface area contributed by atoms with Crippen LogP contribution in [0, 0.1) is 5.82 Å². The van der Waals surface area contributed by atoms with Crippen molar-refractivity contribution in [2.24, 2.45) is 5.73 Å². The van der Waals surface area contributed by atoms with Gasteiger partial charge in [-0.1, -0.05) is 5.16 Å². The van der Waals surface area contributed by atoms with Crippen LogP contribution in [0.5, 0.6) is 0 Å². The summed E-state index contributed by atoms with van der Waals surface area (Å²) in [5.74, 6) is 0.106. The molecule has 1 unspecified atom stereocenters. The molecule has 2 aromatic rings. The Morgan fingerprint density at radius 3 is 2.68 bits per heavy atom. The Labute approximate surface area is 142 Å². The number of rotatable bonds is 3. The fourth-order valence-corrected chi connectivity index (χ4v) is 2.99. The molecule has 1 aromatic carbocycles. The average molecular weight is 350 g/mol. The highest BCUT2D eigenvalue weighted by molar-refractivity contribution is 5.85. The molecule has 1 fully saturated rings. The molecule has 2 N–H and O–H groups in total. The maximum Gasteiger partial charge on any atom is 0.170 e. The lowest BCUT2D eigenvalue weighted by Crippen LogP contribution is -2.43. The van der Waals surface area contributed by atoms with E-state index in [-0.39, 0.29) is 30.6 Å². The van der Waals surface area contributed by atoms with E-state index in [4.69, 9.17) is 10.3 Å². The fraction of sp³-hybridized carbons (Fsp3) is 0.533. The predicted molar refractivity (Wildman–Crippen MR) is 90.5 cm³/mol. The van der Waals surface area contributed by atoms with Crippen LogP contribution in [-0.4, -0.2) is 35.7 Å². The van der Waals surface area contributed by atoms with Crippen LogP contribution >= 0.6 is 24.8 Å². The fourth-order valence-electron chi connectivity index (χ4n) is 2.99. The number of nitrogens with two attached hydrogens (primary N) is 1. The summed E-state index contributed by atoms with van der Waals surface area (Å²) in [6.07, 6.45) is 2.09. The molecule has 2 heterocycles. The highest BCUT2D eigenvalue weighted by atomic mass is 35.5. The Morgan fingerprint density at radius 2 is 2.05 bits per heavy atom. The molecule has 1 aromatic heterocycles. The van der Waals surface area contributed by atoms with E-state index in [1.807, 2.05) is 0 Å². The SMILES string of the molecule is CC(CN)N1CCC(c2noc3cc(F)ccc23)CC1.Cl.Cl. The molecule has 1 aliphatic rings. The predicted octanol–water partition coefficient (Wildman–Crippen LogP) is 3.34. The second-order valence-electron chi connectivity index (χ2n) is 5.60. The van der Waals surface area contributed by atoms with Crippen molar-refractivity contribution in [1.29, 1.82) is 0 Å². The molecule has 3 rings (SSSR count). The van der Waals surface area contributed by atoms with Crippen molar-refractivity contribution in [2.75, 3.05) is 19.6 Å². The van der Waals surface area contributed by atoms with Crippen molar-refractivity contribution in [2.45, 2.75) is 31.7 Å². The molecule has 1 saturated heterocycles. The molecular formula is C15H22Cl2FN3O. The molecule has 7 heteroatoms. The van der Waals surface area contributed by atoms with E-state index in [2.05, 4.69) is 17.0 Å². The first kappa shape index (κ1) is 19.2. The molecule has 0 bridgehead atoms. The Balaban J connectivity index is 0.00000121. The maximum atomic E-state index is 13.2. The Bertz CT molecular complexity index is 599. The lowest BCUT2D eigenvalue weighted by atomic mass is 9.91. The van der Waals surface area contributed by atoms with Crippen LogP contribution in [0.2, 0.25) is 0 Å². The van der Waals surface area contributed by atoms with Crippen molar-refractivity contribution in [3.63, 3.8) is 0 Å². The van der Waals surface area contributed by atoms with Gasteiger partial charge in [-0.25, -0.2) is 4.39 Å². The molecule has 0 amide bonds. The van der Waals surface area contributed by atoms with Gasteiger partial charge in [0.1, 0.15) is 5.82 Å². The number of likely N-dealkylation sites (tertiary alicyclic amines) is 1. The second-order valence-corrected chi connectivity index (χ2v) is 5.60. The first-order valence-corrected chi connectivity index (χ1v) is 7.18. The molecule has 0 radical (unpaired) electrons. The normalized spacial score (nSPS) is 17.8. The van der Waals surface area contributed by atoms with Gasteiger partial charge in [0.25, 0.3) is 0 Å². The third-order valence-electron chi connectivity index (χ3n) is 4.34. The molecule has 0 saturated carbocycles. The van der Waals surface area contributed by atoms with Crippen molar-refractivity contribution in [3.05, 3.63) is 29.7 Å². The summed E-state index contributed by atoms with van der Waals surface area (Å²) < 4.78 is 18.4. The summed E-state index contributed by atoms with van der Waals surface area (Å²) in [7, 11) is 0. The molecule has 4 nitrogen and oxygen atoms in total. The smallest absolute Gasteiger partial charge is 0.170 e. The average Bonchev–Trinajstić information content (AvgIpc) is 2.89. The van der Waals surface area contributed by atoms with Crippen LogP contribution in [0.15, 0.2) is 22.7 Å². The van der Waals surface area contributed by atoms with Crippen LogP contribution in [0.25, 0.3) is 11.0 Å². The molecule has 22 heavy (non-hydrogen) atoms. The van der Waals surface area contributed by atoms with Crippen molar-refractivity contribution >= 4 is 35.8 Å². The summed E-state index contributed by atoms with van der Waals surface area (Å²) in [4.78, 5) is 2.42. The van der Waals surface area contributed by atoms with Crippen molar-refractivity contribution in [1.82, 2.24) is 10.1 Å². The van der Waals surface area contributed by atoms with Crippen LogP contribution in [0.3, 0.4) is 0 Å². The van der Waals surface area contributed by atoms with E-state index in [1.54, 1.807) is 6.07 Å². The van der Waals surface area contributed by atoms with Gasteiger partial charge >= 0.3 is 0 Å². The van der Waals surface area contributed by atoms with E-state index in [0.29, 0.717) is 24.1 Å².